The first-order valence-corrected chi connectivity index (χ1v) is 5.46. The van der Waals surface area contributed by atoms with Crippen molar-refractivity contribution in [3.8, 4) is 0 Å². The highest BCUT2D eigenvalue weighted by Gasteiger charge is 2.33. The molecule has 2 aromatic rings. The van der Waals surface area contributed by atoms with Crippen LogP contribution in [0.4, 0.5) is 23.2 Å². The van der Waals surface area contributed by atoms with Gasteiger partial charge in [0.25, 0.3) is 5.91 Å². The molecule has 7 heteroatoms. The number of benzene rings is 1. The van der Waals surface area contributed by atoms with Crippen molar-refractivity contribution in [2.45, 2.75) is 6.18 Å². The number of aromatic nitrogens is 1. The number of rotatable bonds is 2. The number of pyridine rings is 1. The molecule has 0 aliphatic rings. The van der Waals surface area contributed by atoms with Gasteiger partial charge in [-0.05, 0) is 18.2 Å². The van der Waals surface area contributed by atoms with Crippen LogP contribution in [-0.2, 0) is 6.18 Å². The second-order valence-electron chi connectivity index (χ2n) is 3.89. The lowest BCUT2D eigenvalue weighted by molar-refractivity contribution is -0.136. The van der Waals surface area contributed by atoms with Crippen molar-refractivity contribution in [1.29, 1.82) is 0 Å². The minimum atomic E-state index is -4.59. The highest BCUT2D eigenvalue weighted by Crippen LogP contribution is 2.34. The van der Waals surface area contributed by atoms with Crippen LogP contribution >= 0.6 is 0 Å². The van der Waals surface area contributed by atoms with Gasteiger partial charge >= 0.3 is 6.18 Å². The van der Waals surface area contributed by atoms with Gasteiger partial charge in [0, 0.05) is 6.20 Å². The maximum absolute atomic E-state index is 12.9. The minimum Gasteiger partial charge on any atom is -0.321 e. The Hall–Kier alpha value is -2.44. The number of carbonyl (C=O) groups is 1. The average molecular weight is 284 g/mol. The Labute approximate surface area is 111 Å². The number of amides is 1. The summed E-state index contributed by atoms with van der Waals surface area (Å²) in [5.74, 6) is -1.62. The number of hydrogen-bond donors (Lipinski definition) is 1. The first-order valence-electron chi connectivity index (χ1n) is 5.46. The second kappa shape index (κ2) is 5.28. The fraction of sp³-hybridized carbons (Fsp3) is 0.0769. The van der Waals surface area contributed by atoms with E-state index in [0.29, 0.717) is 0 Å². The normalized spacial score (nSPS) is 11.2. The van der Waals surface area contributed by atoms with Gasteiger partial charge in [-0.15, -0.1) is 0 Å². The van der Waals surface area contributed by atoms with E-state index >= 15 is 0 Å². The minimum absolute atomic E-state index is 0.165. The number of carbonyl (C=O) groups excluding carboxylic acids is 1. The van der Waals surface area contributed by atoms with Crippen LogP contribution in [0.1, 0.15) is 15.9 Å². The molecule has 0 radical (unpaired) electrons. The predicted molar refractivity (Wildman–Crippen MR) is 63.6 cm³/mol. The first kappa shape index (κ1) is 14.0. The zero-order valence-corrected chi connectivity index (χ0v) is 9.91. The summed E-state index contributed by atoms with van der Waals surface area (Å²) in [6.45, 7) is 0. The molecule has 0 atom stereocenters. The Balaban J connectivity index is 2.29. The number of hydrogen-bond acceptors (Lipinski definition) is 2. The third-order valence-corrected chi connectivity index (χ3v) is 2.45. The molecule has 0 saturated carbocycles. The molecule has 0 unspecified atom stereocenters. The van der Waals surface area contributed by atoms with Crippen LogP contribution in [0.2, 0.25) is 0 Å². The van der Waals surface area contributed by atoms with Crippen LogP contribution in [-0.4, -0.2) is 10.9 Å². The van der Waals surface area contributed by atoms with Crippen molar-refractivity contribution >= 4 is 11.6 Å². The summed E-state index contributed by atoms with van der Waals surface area (Å²) in [6, 6.07) is 5.42. The van der Waals surface area contributed by atoms with E-state index in [1.165, 1.54) is 12.1 Å². The highest BCUT2D eigenvalue weighted by molar-refractivity contribution is 6.04. The molecule has 104 valence electrons. The van der Waals surface area contributed by atoms with Crippen LogP contribution in [0.5, 0.6) is 0 Å². The van der Waals surface area contributed by atoms with Gasteiger partial charge in [0.05, 0.1) is 23.0 Å². The molecular weight excluding hydrogens is 276 g/mol. The predicted octanol–water partition coefficient (Wildman–Crippen LogP) is 3.49. The lowest BCUT2D eigenvalue weighted by Crippen LogP contribution is -2.16. The average Bonchev–Trinajstić information content (AvgIpc) is 2.38. The molecule has 0 bridgehead atoms. The lowest BCUT2D eigenvalue weighted by atomic mass is 10.1. The van der Waals surface area contributed by atoms with Crippen molar-refractivity contribution in [2.75, 3.05) is 5.32 Å². The largest absolute Gasteiger partial charge is 0.418 e. The van der Waals surface area contributed by atoms with Gasteiger partial charge in [0.1, 0.15) is 5.82 Å². The molecule has 3 nitrogen and oxygen atoms in total. The Kier molecular flexibility index (Phi) is 3.69. The van der Waals surface area contributed by atoms with Crippen molar-refractivity contribution in [3.05, 3.63) is 59.7 Å². The summed E-state index contributed by atoms with van der Waals surface area (Å²) in [4.78, 5) is 15.2. The zero-order valence-electron chi connectivity index (χ0n) is 9.91. The third-order valence-electron chi connectivity index (χ3n) is 2.45. The summed E-state index contributed by atoms with van der Waals surface area (Å²) in [5, 5.41) is 2.09. The Morgan fingerprint density at radius 3 is 2.50 bits per heavy atom. The SMILES string of the molecule is O=C(Nc1ccccc1C(F)(F)F)c1cncc(F)c1. The summed E-state index contributed by atoms with van der Waals surface area (Å²) >= 11 is 0. The smallest absolute Gasteiger partial charge is 0.321 e. The molecule has 1 aromatic carbocycles. The molecule has 1 heterocycles. The van der Waals surface area contributed by atoms with Crippen LogP contribution in [0, 0.1) is 5.82 Å². The second-order valence-corrected chi connectivity index (χ2v) is 3.89. The van der Waals surface area contributed by atoms with Gasteiger partial charge in [-0.1, -0.05) is 12.1 Å². The van der Waals surface area contributed by atoms with Crippen LogP contribution < -0.4 is 5.32 Å². The molecule has 0 spiro atoms. The van der Waals surface area contributed by atoms with Crippen molar-refractivity contribution < 1.29 is 22.4 Å². The number of anilines is 1. The summed E-state index contributed by atoms with van der Waals surface area (Å²) < 4.78 is 51.1. The molecule has 0 saturated heterocycles. The Morgan fingerprint density at radius 2 is 1.85 bits per heavy atom. The van der Waals surface area contributed by atoms with Gasteiger partial charge < -0.3 is 5.32 Å². The summed E-state index contributed by atoms with van der Waals surface area (Å²) in [6.07, 6.45) is -2.64. The molecule has 1 amide bonds. The fourth-order valence-electron chi connectivity index (χ4n) is 1.57. The molecule has 0 fully saturated rings. The van der Waals surface area contributed by atoms with Gasteiger partial charge in [-0.25, -0.2) is 4.39 Å². The molecular formula is C13H8F4N2O. The summed E-state index contributed by atoms with van der Waals surface area (Å²) in [7, 11) is 0. The first-order chi connectivity index (χ1) is 9.38. The van der Waals surface area contributed by atoms with Crippen molar-refractivity contribution in [2.24, 2.45) is 0 Å². The van der Waals surface area contributed by atoms with Crippen LogP contribution in [0.25, 0.3) is 0 Å². The van der Waals surface area contributed by atoms with E-state index < -0.39 is 29.2 Å². The molecule has 20 heavy (non-hydrogen) atoms. The third kappa shape index (κ3) is 3.11. The number of para-hydroxylation sites is 1. The number of halogens is 4. The van der Waals surface area contributed by atoms with E-state index in [-0.39, 0.29) is 5.56 Å². The molecule has 1 aromatic heterocycles. The van der Waals surface area contributed by atoms with Crippen molar-refractivity contribution in [1.82, 2.24) is 4.98 Å². The quantitative estimate of drug-likeness (QED) is 0.858. The zero-order chi connectivity index (χ0) is 14.8. The van der Waals surface area contributed by atoms with E-state index in [2.05, 4.69) is 10.3 Å². The highest BCUT2D eigenvalue weighted by atomic mass is 19.4. The monoisotopic (exact) mass is 284 g/mol. The van der Waals surface area contributed by atoms with E-state index in [9.17, 15) is 22.4 Å². The van der Waals surface area contributed by atoms with Crippen LogP contribution in [0.3, 0.4) is 0 Å². The molecule has 0 aliphatic heterocycles. The van der Waals surface area contributed by atoms with Gasteiger partial charge in [-0.3, -0.25) is 9.78 Å². The number of nitrogens with zero attached hydrogens (tertiary/aromatic N) is 1. The maximum atomic E-state index is 12.9. The Bertz CT molecular complexity index is 640. The van der Waals surface area contributed by atoms with Gasteiger partial charge in [0.15, 0.2) is 0 Å². The van der Waals surface area contributed by atoms with E-state index in [1.54, 1.807) is 0 Å². The lowest BCUT2D eigenvalue weighted by Gasteiger charge is -2.13. The van der Waals surface area contributed by atoms with Gasteiger partial charge in [-0.2, -0.15) is 13.2 Å². The van der Waals surface area contributed by atoms with Gasteiger partial charge in [0.2, 0.25) is 0 Å². The summed E-state index contributed by atoms with van der Waals surface area (Å²) in [5.41, 5.74) is -1.53. The number of alkyl halides is 3. The van der Waals surface area contributed by atoms with E-state index in [0.717, 1.165) is 30.6 Å². The molecule has 1 N–H and O–H groups in total. The fourth-order valence-corrected chi connectivity index (χ4v) is 1.57. The van der Waals surface area contributed by atoms with E-state index in [1.807, 2.05) is 0 Å². The number of nitrogens with one attached hydrogen (secondary N) is 1. The maximum Gasteiger partial charge on any atom is 0.418 e. The van der Waals surface area contributed by atoms with Crippen molar-refractivity contribution in [3.63, 3.8) is 0 Å². The van der Waals surface area contributed by atoms with Crippen LogP contribution in [0.15, 0.2) is 42.7 Å². The molecule has 2 rings (SSSR count). The topological polar surface area (TPSA) is 42.0 Å². The standard InChI is InChI=1S/C13H8F4N2O/c14-9-5-8(6-18-7-9)12(20)19-11-4-2-1-3-10(11)13(15,16)17/h1-7H,(H,19,20). The van der Waals surface area contributed by atoms with E-state index in [4.69, 9.17) is 0 Å². The molecule has 0 aliphatic carbocycles. The Morgan fingerprint density at radius 1 is 1.15 bits per heavy atom.